The van der Waals surface area contributed by atoms with Crippen molar-refractivity contribution in [3.63, 3.8) is 0 Å². The minimum absolute atomic E-state index is 0.0611. The first-order valence-electron chi connectivity index (χ1n) is 5.40. The second-order valence-electron chi connectivity index (χ2n) is 3.59. The van der Waals surface area contributed by atoms with Crippen LogP contribution < -0.4 is 5.32 Å². The van der Waals surface area contributed by atoms with Crippen molar-refractivity contribution in [2.24, 2.45) is 0 Å². The van der Waals surface area contributed by atoms with Crippen LogP contribution in [0.15, 0.2) is 22.7 Å². The average molecular weight is 332 g/mol. The summed E-state index contributed by atoms with van der Waals surface area (Å²) in [7, 11) is 0. The maximum Gasteiger partial charge on any atom is 0.313 e. The molecule has 6 heteroatoms. The summed E-state index contributed by atoms with van der Waals surface area (Å²) in [5.41, 5.74) is 1.82. The number of carboxylic acid groups (broad SMARTS) is 1. The third kappa shape index (κ3) is 5.10. The number of carboxylic acids is 1. The highest BCUT2D eigenvalue weighted by Gasteiger charge is 2.07. The molecule has 0 saturated heterocycles. The summed E-state index contributed by atoms with van der Waals surface area (Å²) in [5, 5.41) is 11.3. The number of aliphatic carboxylic acids is 1. The van der Waals surface area contributed by atoms with E-state index in [1.165, 1.54) is 0 Å². The fraction of sp³-hybridized carbons (Fsp3) is 0.333. The Morgan fingerprint density at radius 3 is 2.72 bits per heavy atom. The van der Waals surface area contributed by atoms with Crippen molar-refractivity contribution >= 4 is 45.3 Å². The van der Waals surface area contributed by atoms with Crippen LogP contribution in [0.2, 0.25) is 0 Å². The van der Waals surface area contributed by atoms with Crippen LogP contribution in [0.3, 0.4) is 0 Å². The molecule has 0 aliphatic carbocycles. The number of aryl methyl sites for hydroxylation is 1. The molecule has 0 bridgehead atoms. The fourth-order valence-electron chi connectivity index (χ4n) is 1.39. The highest BCUT2D eigenvalue weighted by molar-refractivity contribution is 9.10. The lowest BCUT2D eigenvalue weighted by Crippen LogP contribution is -2.16. The van der Waals surface area contributed by atoms with Crippen LogP contribution in [-0.2, 0) is 16.0 Å². The van der Waals surface area contributed by atoms with Crippen LogP contribution >= 0.6 is 27.7 Å². The predicted molar refractivity (Wildman–Crippen MR) is 77.1 cm³/mol. The molecule has 0 radical (unpaired) electrons. The first-order chi connectivity index (χ1) is 8.52. The van der Waals surface area contributed by atoms with Crippen molar-refractivity contribution < 1.29 is 14.7 Å². The molecule has 0 unspecified atom stereocenters. The molecule has 1 rings (SSSR count). The van der Waals surface area contributed by atoms with Crippen LogP contribution in [0, 0.1) is 0 Å². The Labute approximate surface area is 118 Å². The number of carbonyl (C=O) groups is 2. The summed E-state index contributed by atoms with van der Waals surface area (Å²) in [6, 6.07) is 5.65. The molecule has 0 spiro atoms. The molecule has 0 heterocycles. The topological polar surface area (TPSA) is 66.4 Å². The van der Waals surface area contributed by atoms with E-state index in [1.807, 2.05) is 25.1 Å². The lowest BCUT2D eigenvalue weighted by atomic mass is 10.1. The zero-order valence-electron chi connectivity index (χ0n) is 9.90. The molecule has 0 fully saturated rings. The zero-order chi connectivity index (χ0) is 13.5. The van der Waals surface area contributed by atoms with E-state index in [0.717, 1.165) is 33.9 Å². The van der Waals surface area contributed by atoms with E-state index in [2.05, 4.69) is 21.2 Å². The Morgan fingerprint density at radius 2 is 2.11 bits per heavy atom. The number of thioether (sulfide) groups is 1. The molecule has 1 amide bonds. The number of benzene rings is 1. The minimum Gasteiger partial charge on any atom is -0.481 e. The quantitative estimate of drug-likeness (QED) is 0.841. The summed E-state index contributed by atoms with van der Waals surface area (Å²) >= 11 is 4.46. The molecule has 1 aromatic carbocycles. The maximum absolute atomic E-state index is 11.6. The lowest BCUT2D eigenvalue weighted by Gasteiger charge is -2.10. The molecule has 0 aliphatic heterocycles. The normalized spacial score (nSPS) is 10.1. The van der Waals surface area contributed by atoms with Gasteiger partial charge in [-0.1, -0.05) is 22.9 Å². The van der Waals surface area contributed by atoms with E-state index in [9.17, 15) is 9.59 Å². The molecule has 0 saturated carbocycles. The largest absolute Gasteiger partial charge is 0.481 e. The Balaban J connectivity index is 2.56. The number of hydrogen-bond donors (Lipinski definition) is 2. The number of rotatable bonds is 6. The summed E-state index contributed by atoms with van der Waals surface area (Å²) < 4.78 is 0.970. The van der Waals surface area contributed by atoms with E-state index in [1.54, 1.807) is 0 Å². The van der Waals surface area contributed by atoms with E-state index in [4.69, 9.17) is 5.11 Å². The smallest absolute Gasteiger partial charge is 0.313 e. The van der Waals surface area contributed by atoms with Crippen LogP contribution in [0.1, 0.15) is 12.5 Å². The average Bonchev–Trinajstić information content (AvgIpc) is 2.31. The monoisotopic (exact) mass is 331 g/mol. The van der Waals surface area contributed by atoms with Crippen LogP contribution in [0.5, 0.6) is 0 Å². The van der Waals surface area contributed by atoms with Crippen molar-refractivity contribution in [3.05, 3.63) is 28.2 Å². The second-order valence-corrected chi connectivity index (χ2v) is 5.49. The van der Waals surface area contributed by atoms with Crippen LogP contribution in [0.25, 0.3) is 0 Å². The van der Waals surface area contributed by atoms with E-state index in [-0.39, 0.29) is 17.4 Å². The minimum atomic E-state index is -0.911. The molecule has 0 atom stereocenters. The Kier molecular flexibility index (Phi) is 6.21. The molecule has 0 aliphatic rings. The summed E-state index contributed by atoms with van der Waals surface area (Å²) in [5.74, 6) is -1.01. The molecule has 2 N–H and O–H groups in total. The van der Waals surface area contributed by atoms with E-state index in [0.29, 0.717) is 0 Å². The van der Waals surface area contributed by atoms with Gasteiger partial charge in [-0.15, -0.1) is 11.8 Å². The van der Waals surface area contributed by atoms with Crippen molar-refractivity contribution in [2.75, 3.05) is 16.8 Å². The summed E-state index contributed by atoms with van der Waals surface area (Å²) in [6.07, 6.45) is 0.817. The number of hydrogen-bond acceptors (Lipinski definition) is 3. The number of amides is 1. The molecular weight excluding hydrogens is 318 g/mol. The number of anilines is 1. The Morgan fingerprint density at radius 1 is 1.39 bits per heavy atom. The highest BCUT2D eigenvalue weighted by Crippen LogP contribution is 2.21. The molecule has 0 aromatic heterocycles. The van der Waals surface area contributed by atoms with Crippen LogP contribution in [-0.4, -0.2) is 28.5 Å². The highest BCUT2D eigenvalue weighted by atomic mass is 79.9. The third-order valence-electron chi connectivity index (χ3n) is 2.18. The maximum atomic E-state index is 11.6. The third-order valence-corrected chi connectivity index (χ3v) is 3.59. The molecule has 1 aromatic rings. The zero-order valence-corrected chi connectivity index (χ0v) is 12.3. The van der Waals surface area contributed by atoms with Gasteiger partial charge in [-0.05, 0) is 30.2 Å². The van der Waals surface area contributed by atoms with Gasteiger partial charge >= 0.3 is 5.97 Å². The summed E-state index contributed by atoms with van der Waals surface area (Å²) in [6.45, 7) is 2.01. The molecule has 4 nitrogen and oxygen atoms in total. The molecule has 98 valence electrons. The van der Waals surface area contributed by atoms with Crippen molar-refractivity contribution in [1.29, 1.82) is 0 Å². The van der Waals surface area contributed by atoms with E-state index >= 15 is 0 Å². The standard InChI is InChI=1S/C12H14BrNO3S/c1-2-8-5-9(13)3-4-10(8)14-11(15)6-18-7-12(16)17/h3-5H,2,6-7H2,1H3,(H,14,15)(H,16,17). The molecule has 18 heavy (non-hydrogen) atoms. The van der Waals surface area contributed by atoms with Gasteiger partial charge < -0.3 is 10.4 Å². The Hall–Kier alpha value is -1.01. The van der Waals surface area contributed by atoms with Gasteiger partial charge in [0.15, 0.2) is 0 Å². The number of carbonyl (C=O) groups excluding carboxylic acids is 1. The van der Waals surface area contributed by atoms with Gasteiger partial charge in [0.25, 0.3) is 0 Å². The Bertz CT molecular complexity index is 451. The van der Waals surface area contributed by atoms with Gasteiger partial charge in [-0.3, -0.25) is 9.59 Å². The van der Waals surface area contributed by atoms with Gasteiger partial charge in [-0.25, -0.2) is 0 Å². The van der Waals surface area contributed by atoms with E-state index < -0.39 is 5.97 Å². The van der Waals surface area contributed by atoms with Gasteiger partial charge in [0.05, 0.1) is 11.5 Å². The fourth-order valence-corrected chi connectivity index (χ4v) is 2.34. The summed E-state index contributed by atoms with van der Waals surface area (Å²) in [4.78, 5) is 21.9. The van der Waals surface area contributed by atoms with Gasteiger partial charge in [0.1, 0.15) is 0 Å². The SMILES string of the molecule is CCc1cc(Br)ccc1NC(=O)CSCC(=O)O. The van der Waals surface area contributed by atoms with Crippen molar-refractivity contribution in [3.8, 4) is 0 Å². The van der Waals surface area contributed by atoms with Gasteiger partial charge in [0, 0.05) is 10.2 Å². The molecular formula is C12H14BrNO3S. The predicted octanol–water partition coefficient (Wildman–Crippen LogP) is 2.77. The second kappa shape index (κ2) is 7.43. The van der Waals surface area contributed by atoms with Crippen molar-refractivity contribution in [2.45, 2.75) is 13.3 Å². The first-order valence-corrected chi connectivity index (χ1v) is 7.35. The van der Waals surface area contributed by atoms with Gasteiger partial charge in [-0.2, -0.15) is 0 Å². The number of halogens is 1. The van der Waals surface area contributed by atoms with Crippen LogP contribution in [0.4, 0.5) is 5.69 Å². The number of nitrogens with one attached hydrogen (secondary N) is 1. The first kappa shape index (κ1) is 15.0. The lowest BCUT2D eigenvalue weighted by molar-refractivity contribution is -0.133. The van der Waals surface area contributed by atoms with Gasteiger partial charge in [0.2, 0.25) is 5.91 Å². The van der Waals surface area contributed by atoms with Crippen molar-refractivity contribution in [1.82, 2.24) is 0 Å².